The Morgan fingerprint density at radius 1 is 0.906 bits per heavy atom. The lowest BCUT2D eigenvalue weighted by atomic mass is 9.92. The van der Waals surface area contributed by atoms with Crippen LogP contribution in [0.4, 0.5) is 4.39 Å². The smallest absolute Gasteiger partial charge is 0.183 e. The largest absolute Gasteiger partial charge is 1.00 e. The molecule has 1 aliphatic heterocycles. The van der Waals surface area contributed by atoms with Crippen LogP contribution < -0.4 is 17.1 Å². The highest BCUT2D eigenvalue weighted by molar-refractivity contribution is 5.98. The highest BCUT2D eigenvalue weighted by Crippen LogP contribution is 2.25. The molecule has 2 nitrogen and oxygen atoms in total. The second-order valence-corrected chi connectivity index (χ2v) is 8.81. The molecule has 0 N–H and O–H groups in total. The molecule has 2 aromatic rings. The minimum atomic E-state index is -0.106. The van der Waals surface area contributed by atoms with Gasteiger partial charge < -0.3 is 17.1 Å². The molecule has 0 saturated heterocycles. The van der Waals surface area contributed by atoms with Gasteiger partial charge in [0.05, 0.1) is 12.7 Å². The van der Waals surface area contributed by atoms with Crippen LogP contribution in [0.1, 0.15) is 87.8 Å². The van der Waals surface area contributed by atoms with Gasteiger partial charge in [-0.05, 0) is 42.3 Å². The number of methoxy groups -OCH3 is 1. The van der Waals surface area contributed by atoms with Crippen LogP contribution in [0.25, 0.3) is 0 Å². The molecule has 0 radical (unpaired) electrons. The Labute approximate surface area is 200 Å². The van der Waals surface area contributed by atoms with Crippen LogP contribution >= 0.6 is 0 Å². The maximum absolute atomic E-state index is 14.3. The average Bonchev–Trinajstić information content (AvgIpc) is 2.80. The molecule has 0 saturated carbocycles. The molecule has 0 bridgehead atoms. The zero-order valence-corrected chi connectivity index (χ0v) is 20.6. The Bertz CT molecular complexity index is 864. The summed E-state index contributed by atoms with van der Waals surface area (Å²) in [5.41, 5.74) is 4.83. The first kappa shape index (κ1) is 26.4. The van der Waals surface area contributed by atoms with Crippen LogP contribution in [-0.4, -0.2) is 23.9 Å². The average molecular weight is 460 g/mol. The number of hydrogen-bond donors (Lipinski definition) is 0. The van der Waals surface area contributed by atoms with Crippen molar-refractivity contribution in [2.75, 3.05) is 13.7 Å². The third kappa shape index (κ3) is 7.62. The van der Waals surface area contributed by atoms with E-state index in [1.807, 2.05) is 12.1 Å². The van der Waals surface area contributed by atoms with E-state index in [4.69, 9.17) is 4.74 Å². The van der Waals surface area contributed by atoms with E-state index in [-0.39, 0.29) is 18.2 Å². The number of halogens is 2. The second-order valence-electron chi connectivity index (χ2n) is 8.81. The number of unbranched alkanes of at least 4 members (excludes halogenated alkanes) is 8. The molecular formula is C28H39ClFNO. The first-order valence-electron chi connectivity index (χ1n) is 12.2. The van der Waals surface area contributed by atoms with Crippen LogP contribution in [0, 0.1) is 5.82 Å². The van der Waals surface area contributed by atoms with Gasteiger partial charge in [0.2, 0.25) is 0 Å². The maximum Gasteiger partial charge on any atom is 0.183 e. The van der Waals surface area contributed by atoms with Crippen LogP contribution in [0.3, 0.4) is 0 Å². The van der Waals surface area contributed by atoms with Gasteiger partial charge in [-0.25, -0.2) is 8.97 Å². The molecule has 0 amide bonds. The maximum atomic E-state index is 14.3. The summed E-state index contributed by atoms with van der Waals surface area (Å²) in [6.45, 7) is 3.85. The molecule has 1 aliphatic rings. The summed E-state index contributed by atoms with van der Waals surface area (Å²) in [7, 11) is 1.72. The molecule has 0 aromatic heterocycles. The Hall–Kier alpha value is -1.87. The Kier molecular flexibility index (Phi) is 11.8. The minimum absolute atomic E-state index is 0. The van der Waals surface area contributed by atoms with Gasteiger partial charge in [0, 0.05) is 18.4 Å². The van der Waals surface area contributed by atoms with Crippen LogP contribution in [0.2, 0.25) is 0 Å². The predicted octanol–water partition coefficient (Wildman–Crippen LogP) is 4.32. The summed E-state index contributed by atoms with van der Waals surface area (Å²) in [5, 5.41) is 0. The van der Waals surface area contributed by atoms with Gasteiger partial charge in [-0.2, -0.15) is 0 Å². The topological polar surface area (TPSA) is 12.2 Å². The summed E-state index contributed by atoms with van der Waals surface area (Å²) >= 11 is 0. The van der Waals surface area contributed by atoms with E-state index < -0.39 is 0 Å². The van der Waals surface area contributed by atoms with Gasteiger partial charge in [-0.15, -0.1) is 0 Å². The molecule has 0 aliphatic carbocycles. The van der Waals surface area contributed by atoms with Crippen LogP contribution in [-0.2, 0) is 13.0 Å². The third-order valence-electron chi connectivity index (χ3n) is 6.49. The zero-order chi connectivity index (χ0) is 21.9. The number of nitrogens with zero attached hydrogens (tertiary/aromatic N) is 1. The van der Waals surface area contributed by atoms with Gasteiger partial charge >= 0.3 is 0 Å². The number of rotatable bonds is 13. The standard InChI is InChI=1S/C28H39FNO.ClH/c1-3-4-5-6-7-8-9-10-11-16-28-26-18-17-25(31-2)21-23(26)19-20-30(28)22-24-14-12-13-15-27(24)29;/h12-15,17-18,21H,3-11,16,19-20,22H2,1-2H3;1H/q+1;/p-1. The van der Waals surface area contributed by atoms with E-state index in [0.717, 1.165) is 30.7 Å². The van der Waals surface area contributed by atoms with Crippen molar-refractivity contribution in [1.29, 1.82) is 0 Å². The second kappa shape index (κ2) is 14.3. The van der Waals surface area contributed by atoms with Crippen LogP contribution in [0.5, 0.6) is 5.75 Å². The Balaban J connectivity index is 0.00000363. The van der Waals surface area contributed by atoms with Gasteiger partial charge in [-0.3, -0.25) is 0 Å². The molecule has 2 aromatic carbocycles. The van der Waals surface area contributed by atoms with Crippen molar-refractivity contribution < 1.29 is 26.1 Å². The summed E-state index contributed by atoms with van der Waals surface area (Å²) < 4.78 is 22.2. The fraction of sp³-hybridized carbons (Fsp3) is 0.536. The fourth-order valence-corrected chi connectivity index (χ4v) is 4.65. The lowest BCUT2D eigenvalue weighted by Gasteiger charge is -2.20. The highest BCUT2D eigenvalue weighted by atomic mass is 35.5. The van der Waals surface area contributed by atoms with E-state index in [1.54, 1.807) is 19.2 Å². The molecular weight excluding hydrogens is 421 g/mol. The molecule has 1 heterocycles. The fourth-order valence-electron chi connectivity index (χ4n) is 4.65. The monoisotopic (exact) mass is 459 g/mol. The molecule has 0 fully saturated rings. The van der Waals surface area contributed by atoms with E-state index >= 15 is 0 Å². The molecule has 0 atom stereocenters. The molecule has 3 rings (SSSR count). The number of fused-ring (bicyclic) bond motifs is 1. The lowest BCUT2D eigenvalue weighted by molar-refractivity contribution is -0.546. The first-order chi connectivity index (χ1) is 15.2. The van der Waals surface area contributed by atoms with Crippen molar-refractivity contribution in [1.82, 2.24) is 0 Å². The van der Waals surface area contributed by atoms with Crippen molar-refractivity contribution >= 4 is 5.71 Å². The number of ether oxygens (including phenoxy) is 1. The zero-order valence-electron chi connectivity index (χ0n) is 19.8. The number of hydrogen-bond acceptors (Lipinski definition) is 1. The van der Waals surface area contributed by atoms with E-state index in [1.165, 1.54) is 74.6 Å². The quantitative estimate of drug-likeness (QED) is 0.321. The third-order valence-corrected chi connectivity index (χ3v) is 6.49. The summed E-state index contributed by atoms with van der Waals surface area (Å²) in [6, 6.07) is 13.6. The van der Waals surface area contributed by atoms with Crippen molar-refractivity contribution in [2.45, 2.75) is 84.1 Å². The van der Waals surface area contributed by atoms with Gasteiger partial charge in [0.1, 0.15) is 18.1 Å². The van der Waals surface area contributed by atoms with Crippen molar-refractivity contribution in [3.63, 3.8) is 0 Å². The summed E-state index contributed by atoms with van der Waals surface area (Å²) in [4.78, 5) is 0. The van der Waals surface area contributed by atoms with Gasteiger partial charge in [-0.1, -0.05) is 70.4 Å². The van der Waals surface area contributed by atoms with Crippen molar-refractivity contribution in [3.8, 4) is 5.75 Å². The van der Waals surface area contributed by atoms with E-state index in [9.17, 15) is 4.39 Å². The predicted molar refractivity (Wildman–Crippen MR) is 128 cm³/mol. The highest BCUT2D eigenvalue weighted by Gasteiger charge is 2.26. The summed E-state index contributed by atoms with van der Waals surface area (Å²) in [5.74, 6) is 0.814. The van der Waals surface area contributed by atoms with Gasteiger partial charge in [0.15, 0.2) is 12.3 Å². The van der Waals surface area contributed by atoms with Crippen LogP contribution in [0.15, 0.2) is 42.5 Å². The molecule has 32 heavy (non-hydrogen) atoms. The van der Waals surface area contributed by atoms with Crippen molar-refractivity contribution in [2.24, 2.45) is 0 Å². The SMILES string of the molecule is CCCCCCCCCCCC1=[N+](Cc2ccccc2F)CCc2cc(OC)ccc21.[Cl-]. The minimum Gasteiger partial charge on any atom is -1.00 e. The molecule has 0 unspecified atom stereocenters. The lowest BCUT2D eigenvalue weighted by Crippen LogP contribution is -3.00. The van der Waals surface area contributed by atoms with Crippen molar-refractivity contribution in [3.05, 3.63) is 65.0 Å². The normalized spacial score (nSPS) is 13.0. The van der Waals surface area contributed by atoms with Gasteiger partial charge in [0.25, 0.3) is 0 Å². The summed E-state index contributed by atoms with van der Waals surface area (Å²) in [6.07, 6.45) is 14.0. The molecule has 176 valence electrons. The molecule has 4 heteroatoms. The number of benzene rings is 2. The molecule has 0 spiro atoms. The van der Waals surface area contributed by atoms with E-state index in [0.29, 0.717) is 6.54 Å². The van der Waals surface area contributed by atoms with E-state index in [2.05, 4.69) is 29.7 Å². The Morgan fingerprint density at radius 3 is 2.28 bits per heavy atom. The first-order valence-corrected chi connectivity index (χ1v) is 12.2. The Morgan fingerprint density at radius 2 is 1.59 bits per heavy atom.